The third-order valence-electron chi connectivity index (χ3n) is 3.17. The molecule has 2 aromatic rings. The summed E-state index contributed by atoms with van der Waals surface area (Å²) in [5.74, 6) is 0.0141. The van der Waals surface area contributed by atoms with Crippen LogP contribution in [0, 0.1) is 0 Å². The molecule has 0 saturated heterocycles. The van der Waals surface area contributed by atoms with Gasteiger partial charge in [-0.1, -0.05) is 23.7 Å². The quantitative estimate of drug-likeness (QED) is 0.879. The molecule has 5 heteroatoms. The van der Waals surface area contributed by atoms with Crippen LogP contribution in [0.3, 0.4) is 0 Å². The molecule has 1 aromatic carbocycles. The topological polar surface area (TPSA) is 32.3 Å². The van der Waals surface area contributed by atoms with E-state index in [4.69, 9.17) is 11.6 Å². The van der Waals surface area contributed by atoms with Gasteiger partial charge in [-0.25, -0.2) is 0 Å². The van der Waals surface area contributed by atoms with Gasteiger partial charge in [0.15, 0.2) is 0 Å². The number of thiophene rings is 1. The van der Waals surface area contributed by atoms with Gasteiger partial charge in [0.2, 0.25) is 5.91 Å². The van der Waals surface area contributed by atoms with Crippen LogP contribution in [-0.4, -0.2) is 24.4 Å². The van der Waals surface area contributed by atoms with Crippen LogP contribution < -0.4 is 5.32 Å². The summed E-state index contributed by atoms with van der Waals surface area (Å²) in [6, 6.07) is 9.59. The average Bonchev–Trinajstić information content (AvgIpc) is 2.91. The summed E-state index contributed by atoms with van der Waals surface area (Å²) in [7, 11) is 1.95. The van der Waals surface area contributed by atoms with Crippen LogP contribution in [0.4, 0.5) is 0 Å². The Morgan fingerprint density at radius 2 is 2.24 bits per heavy atom. The predicted molar refractivity (Wildman–Crippen MR) is 88.7 cm³/mol. The molecule has 0 spiro atoms. The van der Waals surface area contributed by atoms with Crippen molar-refractivity contribution in [2.45, 2.75) is 19.5 Å². The van der Waals surface area contributed by atoms with E-state index in [0.29, 0.717) is 11.6 Å². The number of carbonyl (C=O) groups excluding carboxylic acids is 1. The highest BCUT2D eigenvalue weighted by molar-refractivity contribution is 7.07. The molecule has 0 aliphatic carbocycles. The summed E-state index contributed by atoms with van der Waals surface area (Å²) in [5, 5.41) is 7.83. The van der Waals surface area contributed by atoms with Gasteiger partial charge in [0.1, 0.15) is 0 Å². The van der Waals surface area contributed by atoms with Gasteiger partial charge in [0.05, 0.1) is 12.6 Å². The Morgan fingerprint density at radius 1 is 1.43 bits per heavy atom. The first-order chi connectivity index (χ1) is 10.0. The average molecular weight is 323 g/mol. The number of amides is 1. The Hall–Kier alpha value is -1.36. The van der Waals surface area contributed by atoms with Crippen LogP contribution in [-0.2, 0) is 11.3 Å². The zero-order valence-electron chi connectivity index (χ0n) is 12.2. The molecule has 112 valence electrons. The minimum Gasteiger partial charge on any atom is -0.348 e. The molecule has 3 nitrogen and oxygen atoms in total. The highest BCUT2D eigenvalue weighted by Gasteiger charge is 2.12. The summed E-state index contributed by atoms with van der Waals surface area (Å²) < 4.78 is 0. The van der Waals surface area contributed by atoms with E-state index in [9.17, 15) is 4.79 Å². The van der Waals surface area contributed by atoms with E-state index in [0.717, 1.165) is 12.1 Å². The van der Waals surface area contributed by atoms with Crippen molar-refractivity contribution in [1.82, 2.24) is 10.2 Å². The summed E-state index contributed by atoms with van der Waals surface area (Å²) in [5.41, 5.74) is 2.24. The first kappa shape index (κ1) is 16.0. The normalized spacial score (nSPS) is 12.4. The van der Waals surface area contributed by atoms with Crippen molar-refractivity contribution >= 4 is 28.8 Å². The third-order valence-corrected chi connectivity index (χ3v) is 4.14. The SMILES string of the molecule is CC(NC(=O)CN(C)Cc1ccsc1)c1cccc(Cl)c1. The zero-order chi connectivity index (χ0) is 15.2. The lowest BCUT2D eigenvalue weighted by atomic mass is 10.1. The van der Waals surface area contributed by atoms with Gasteiger partial charge in [-0.2, -0.15) is 11.3 Å². The summed E-state index contributed by atoms with van der Waals surface area (Å²) in [6.45, 7) is 3.12. The number of hydrogen-bond acceptors (Lipinski definition) is 3. The molecule has 0 bridgehead atoms. The van der Waals surface area contributed by atoms with Gasteiger partial charge in [-0.3, -0.25) is 9.69 Å². The van der Waals surface area contributed by atoms with Crippen molar-refractivity contribution in [3.8, 4) is 0 Å². The molecule has 2 rings (SSSR count). The molecule has 0 aliphatic heterocycles. The molecule has 1 aromatic heterocycles. The van der Waals surface area contributed by atoms with Gasteiger partial charge >= 0.3 is 0 Å². The number of rotatable bonds is 6. The maximum absolute atomic E-state index is 12.1. The lowest BCUT2D eigenvalue weighted by Crippen LogP contribution is -2.36. The van der Waals surface area contributed by atoms with Gasteiger partial charge in [-0.15, -0.1) is 0 Å². The Morgan fingerprint density at radius 3 is 2.90 bits per heavy atom. The smallest absolute Gasteiger partial charge is 0.234 e. The van der Waals surface area contributed by atoms with Gasteiger partial charge in [0, 0.05) is 11.6 Å². The number of carbonyl (C=O) groups is 1. The van der Waals surface area contributed by atoms with Crippen molar-refractivity contribution in [3.63, 3.8) is 0 Å². The molecule has 1 heterocycles. The van der Waals surface area contributed by atoms with Crippen LogP contribution in [0.2, 0.25) is 5.02 Å². The molecule has 21 heavy (non-hydrogen) atoms. The molecule has 0 fully saturated rings. The molecule has 1 N–H and O–H groups in total. The van der Waals surface area contributed by atoms with Gasteiger partial charge < -0.3 is 5.32 Å². The van der Waals surface area contributed by atoms with Crippen molar-refractivity contribution in [2.24, 2.45) is 0 Å². The number of hydrogen-bond donors (Lipinski definition) is 1. The van der Waals surface area contributed by atoms with Crippen molar-refractivity contribution in [2.75, 3.05) is 13.6 Å². The number of halogens is 1. The lowest BCUT2D eigenvalue weighted by molar-refractivity contribution is -0.122. The minimum atomic E-state index is -0.0502. The van der Waals surface area contributed by atoms with Crippen molar-refractivity contribution in [1.29, 1.82) is 0 Å². The largest absolute Gasteiger partial charge is 0.348 e. The second kappa shape index (κ2) is 7.59. The fourth-order valence-electron chi connectivity index (χ4n) is 2.14. The summed E-state index contributed by atoms with van der Waals surface area (Å²) in [6.07, 6.45) is 0. The first-order valence-electron chi connectivity index (χ1n) is 6.79. The van der Waals surface area contributed by atoms with Crippen LogP contribution >= 0.6 is 22.9 Å². The van der Waals surface area contributed by atoms with E-state index in [1.165, 1.54) is 5.56 Å². The highest BCUT2D eigenvalue weighted by atomic mass is 35.5. The lowest BCUT2D eigenvalue weighted by Gasteiger charge is -2.19. The third kappa shape index (κ3) is 5.16. The summed E-state index contributed by atoms with van der Waals surface area (Å²) in [4.78, 5) is 14.1. The van der Waals surface area contributed by atoms with Crippen molar-refractivity contribution in [3.05, 3.63) is 57.2 Å². The van der Waals surface area contributed by atoms with E-state index in [1.807, 2.05) is 48.5 Å². The number of nitrogens with one attached hydrogen (secondary N) is 1. The molecular formula is C16H19ClN2OS. The Bertz CT molecular complexity index is 586. The predicted octanol–water partition coefficient (Wildman–Crippen LogP) is 3.71. The molecule has 1 unspecified atom stereocenters. The maximum atomic E-state index is 12.1. The molecule has 0 saturated carbocycles. The van der Waals surface area contributed by atoms with Crippen molar-refractivity contribution < 1.29 is 4.79 Å². The number of likely N-dealkylation sites (N-methyl/N-ethyl adjacent to an activating group) is 1. The molecule has 1 atom stereocenters. The molecule has 1 amide bonds. The maximum Gasteiger partial charge on any atom is 0.234 e. The Kier molecular flexibility index (Phi) is 5.79. The Balaban J connectivity index is 1.83. The van der Waals surface area contributed by atoms with E-state index in [1.54, 1.807) is 11.3 Å². The van der Waals surface area contributed by atoms with E-state index in [2.05, 4.69) is 16.8 Å². The van der Waals surface area contributed by atoms with Crippen LogP contribution in [0.1, 0.15) is 24.1 Å². The second-order valence-corrected chi connectivity index (χ2v) is 6.36. The van der Waals surface area contributed by atoms with E-state index in [-0.39, 0.29) is 11.9 Å². The number of nitrogens with zero attached hydrogens (tertiary/aromatic N) is 1. The van der Waals surface area contributed by atoms with E-state index >= 15 is 0 Å². The molecule has 0 aliphatic rings. The number of benzene rings is 1. The fraction of sp³-hybridized carbons (Fsp3) is 0.312. The van der Waals surface area contributed by atoms with Gasteiger partial charge in [0.25, 0.3) is 0 Å². The summed E-state index contributed by atoms with van der Waals surface area (Å²) >= 11 is 7.64. The van der Waals surface area contributed by atoms with Crippen LogP contribution in [0.25, 0.3) is 0 Å². The fourth-order valence-corrected chi connectivity index (χ4v) is 3.00. The molecule has 0 radical (unpaired) electrons. The Labute approximate surface area is 134 Å². The first-order valence-corrected chi connectivity index (χ1v) is 8.11. The minimum absolute atomic E-state index is 0.0141. The second-order valence-electron chi connectivity index (χ2n) is 5.15. The molecular weight excluding hydrogens is 304 g/mol. The van der Waals surface area contributed by atoms with E-state index < -0.39 is 0 Å². The highest BCUT2D eigenvalue weighted by Crippen LogP contribution is 2.17. The monoisotopic (exact) mass is 322 g/mol. The van der Waals surface area contributed by atoms with Crippen LogP contribution in [0.5, 0.6) is 0 Å². The zero-order valence-corrected chi connectivity index (χ0v) is 13.7. The standard InChI is InChI=1S/C16H19ClN2OS/c1-12(14-4-3-5-15(17)8-14)18-16(20)10-19(2)9-13-6-7-21-11-13/h3-8,11-12H,9-10H2,1-2H3,(H,18,20). The van der Waals surface area contributed by atoms with Gasteiger partial charge in [-0.05, 0) is 54.1 Å². The van der Waals surface area contributed by atoms with Crippen LogP contribution in [0.15, 0.2) is 41.1 Å².